The normalized spacial score (nSPS) is 13.1. The summed E-state index contributed by atoms with van der Waals surface area (Å²) in [5.41, 5.74) is 3.82. The summed E-state index contributed by atoms with van der Waals surface area (Å²) in [4.78, 5) is 0. The number of ether oxygens (including phenoxy) is 2. The minimum Gasteiger partial charge on any atom is -0.493 e. The zero-order valence-corrected chi connectivity index (χ0v) is 14.1. The number of rotatable bonds is 5. The maximum atomic E-state index is 5.86. The second-order valence-electron chi connectivity index (χ2n) is 5.46. The van der Waals surface area contributed by atoms with Crippen LogP contribution in [0.2, 0.25) is 0 Å². The van der Waals surface area contributed by atoms with E-state index in [4.69, 9.17) is 9.47 Å². The van der Waals surface area contributed by atoms with Crippen LogP contribution in [0, 0.1) is 6.92 Å². The Kier molecular flexibility index (Phi) is 5.88. The molecule has 0 N–H and O–H groups in total. The summed E-state index contributed by atoms with van der Waals surface area (Å²) in [6.45, 7) is 6.62. The highest BCUT2D eigenvalue weighted by atomic mass is 16.5. The summed E-state index contributed by atoms with van der Waals surface area (Å²) < 4.78 is 11.2. The Bertz CT molecular complexity index is 583. The van der Waals surface area contributed by atoms with Gasteiger partial charge < -0.3 is 9.47 Å². The van der Waals surface area contributed by atoms with Gasteiger partial charge >= 0.3 is 0 Å². The van der Waals surface area contributed by atoms with E-state index in [2.05, 4.69) is 24.3 Å². The first kappa shape index (κ1) is 16.4. The first-order chi connectivity index (χ1) is 10.8. The van der Waals surface area contributed by atoms with Crippen molar-refractivity contribution < 1.29 is 9.47 Å². The highest BCUT2D eigenvalue weighted by molar-refractivity contribution is 5.42. The Morgan fingerprint density at radius 2 is 1.64 bits per heavy atom. The maximum absolute atomic E-state index is 5.86. The molecular weight excluding hydrogens is 272 g/mol. The fourth-order valence-corrected chi connectivity index (χ4v) is 2.36. The molecule has 0 bridgehead atoms. The van der Waals surface area contributed by atoms with Crippen molar-refractivity contribution in [2.75, 3.05) is 7.11 Å². The van der Waals surface area contributed by atoms with Crippen LogP contribution in [0.1, 0.15) is 49.3 Å². The second kappa shape index (κ2) is 7.88. The molecule has 0 unspecified atom stereocenters. The van der Waals surface area contributed by atoms with E-state index in [0.29, 0.717) is 6.61 Å². The third kappa shape index (κ3) is 4.27. The van der Waals surface area contributed by atoms with Gasteiger partial charge in [-0.25, -0.2) is 0 Å². The van der Waals surface area contributed by atoms with Gasteiger partial charge in [0.15, 0.2) is 11.5 Å². The smallest absolute Gasteiger partial charge is 0.161 e. The molecule has 0 aliphatic heterocycles. The maximum Gasteiger partial charge on any atom is 0.161 e. The van der Waals surface area contributed by atoms with Crippen LogP contribution in [-0.2, 0) is 6.61 Å². The lowest BCUT2D eigenvalue weighted by atomic mass is 10.1. The van der Waals surface area contributed by atoms with Crippen LogP contribution in [0.15, 0.2) is 42.5 Å². The van der Waals surface area contributed by atoms with Gasteiger partial charge in [-0.3, -0.25) is 0 Å². The molecule has 2 aromatic carbocycles. The summed E-state index contributed by atoms with van der Waals surface area (Å²) >= 11 is 0. The van der Waals surface area contributed by atoms with Crippen molar-refractivity contribution >= 4 is 0 Å². The standard InChI is InChI=1S/C18H20O2.C2H6/c1-13-3-10-17(18(11-13)19-2)20-12-14-4-6-15(7-5-14)16-8-9-16;1-2/h3-7,10-11,16H,8-9,12H2,1-2H3;1-2H3. The van der Waals surface area contributed by atoms with Gasteiger partial charge in [0.25, 0.3) is 0 Å². The zero-order valence-electron chi connectivity index (χ0n) is 14.1. The minimum absolute atomic E-state index is 0.574. The molecule has 1 fully saturated rings. The quantitative estimate of drug-likeness (QED) is 0.727. The minimum atomic E-state index is 0.574. The van der Waals surface area contributed by atoms with Crippen molar-refractivity contribution in [1.82, 2.24) is 0 Å². The molecule has 2 nitrogen and oxygen atoms in total. The van der Waals surface area contributed by atoms with Gasteiger partial charge in [-0.1, -0.05) is 44.2 Å². The van der Waals surface area contributed by atoms with Crippen molar-refractivity contribution in [2.45, 2.75) is 46.1 Å². The molecule has 1 aliphatic rings. The summed E-state index contributed by atoms with van der Waals surface area (Å²) in [6, 6.07) is 14.8. The lowest BCUT2D eigenvalue weighted by Crippen LogP contribution is -1.98. The molecule has 1 aliphatic carbocycles. The van der Waals surface area contributed by atoms with E-state index in [1.54, 1.807) is 7.11 Å². The fraction of sp³-hybridized carbons (Fsp3) is 0.400. The molecule has 0 amide bonds. The van der Waals surface area contributed by atoms with Crippen molar-refractivity contribution in [3.8, 4) is 11.5 Å². The molecule has 0 saturated heterocycles. The van der Waals surface area contributed by atoms with E-state index in [0.717, 1.165) is 17.4 Å². The number of methoxy groups -OCH3 is 1. The monoisotopic (exact) mass is 298 g/mol. The lowest BCUT2D eigenvalue weighted by Gasteiger charge is -2.11. The van der Waals surface area contributed by atoms with Crippen LogP contribution in [-0.4, -0.2) is 7.11 Å². The van der Waals surface area contributed by atoms with Gasteiger partial charge in [0, 0.05) is 0 Å². The molecule has 1 saturated carbocycles. The topological polar surface area (TPSA) is 18.5 Å². The molecule has 0 spiro atoms. The van der Waals surface area contributed by atoms with Crippen LogP contribution in [0.25, 0.3) is 0 Å². The molecular formula is C20H26O2. The van der Waals surface area contributed by atoms with Crippen LogP contribution in [0.4, 0.5) is 0 Å². The highest BCUT2D eigenvalue weighted by Gasteiger charge is 2.22. The molecule has 118 valence electrons. The molecule has 2 heteroatoms. The Hall–Kier alpha value is -1.96. The predicted octanol–water partition coefficient (Wildman–Crippen LogP) is 5.49. The van der Waals surface area contributed by atoms with E-state index >= 15 is 0 Å². The van der Waals surface area contributed by atoms with Crippen molar-refractivity contribution in [1.29, 1.82) is 0 Å². The van der Waals surface area contributed by atoms with Crippen LogP contribution in [0.3, 0.4) is 0 Å². The third-order valence-electron chi connectivity index (χ3n) is 3.74. The number of hydrogen-bond donors (Lipinski definition) is 0. The predicted molar refractivity (Wildman–Crippen MR) is 91.8 cm³/mol. The molecule has 3 rings (SSSR count). The van der Waals surface area contributed by atoms with Crippen LogP contribution in [0.5, 0.6) is 11.5 Å². The van der Waals surface area contributed by atoms with Crippen LogP contribution >= 0.6 is 0 Å². The first-order valence-corrected chi connectivity index (χ1v) is 8.12. The molecule has 0 radical (unpaired) electrons. The van der Waals surface area contributed by atoms with E-state index in [1.807, 2.05) is 39.0 Å². The molecule has 22 heavy (non-hydrogen) atoms. The Labute approximate surface area is 134 Å². The zero-order chi connectivity index (χ0) is 15.9. The Morgan fingerprint density at radius 3 is 2.23 bits per heavy atom. The number of benzene rings is 2. The summed E-state index contributed by atoms with van der Waals surface area (Å²) in [5, 5.41) is 0. The van der Waals surface area contributed by atoms with E-state index in [1.165, 1.54) is 29.5 Å². The largest absolute Gasteiger partial charge is 0.493 e. The van der Waals surface area contributed by atoms with E-state index in [9.17, 15) is 0 Å². The molecule has 0 atom stereocenters. The molecule has 0 aromatic heterocycles. The fourth-order valence-electron chi connectivity index (χ4n) is 2.36. The molecule has 2 aromatic rings. The van der Waals surface area contributed by atoms with Crippen molar-refractivity contribution in [2.24, 2.45) is 0 Å². The summed E-state index contributed by atoms with van der Waals surface area (Å²) in [5.74, 6) is 2.39. The van der Waals surface area contributed by atoms with Gasteiger partial charge in [0.1, 0.15) is 6.61 Å². The Balaban J connectivity index is 0.000000847. The van der Waals surface area contributed by atoms with Gasteiger partial charge in [0.2, 0.25) is 0 Å². The van der Waals surface area contributed by atoms with Gasteiger partial charge in [-0.2, -0.15) is 0 Å². The van der Waals surface area contributed by atoms with Gasteiger partial charge in [-0.05, 0) is 54.5 Å². The molecule has 0 heterocycles. The van der Waals surface area contributed by atoms with Crippen molar-refractivity contribution in [3.05, 3.63) is 59.2 Å². The van der Waals surface area contributed by atoms with Crippen LogP contribution < -0.4 is 9.47 Å². The van der Waals surface area contributed by atoms with Gasteiger partial charge in [0.05, 0.1) is 7.11 Å². The van der Waals surface area contributed by atoms with Crippen molar-refractivity contribution in [3.63, 3.8) is 0 Å². The average molecular weight is 298 g/mol. The summed E-state index contributed by atoms with van der Waals surface area (Å²) in [6.07, 6.45) is 2.69. The Morgan fingerprint density at radius 1 is 0.955 bits per heavy atom. The van der Waals surface area contributed by atoms with E-state index < -0.39 is 0 Å². The second-order valence-corrected chi connectivity index (χ2v) is 5.46. The number of aryl methyl sites for hydroxylation is 1. The highest BCUT2D eigenvalue weighted by Crippen LogP contribution is 2.40. The number of hydrogen-bond acceptors (Lipinski definition) is 2. The first-order valence-electron chi connectivity index (χ1n) is 8.12. The lowest BCUT2D eigenvalue weighted by molar-refractivity contribution is 0.284. The SMILES string of the molecule is CC.COc1cc(C)ccc1OCc1ccc(C2CC2)cc1. The van der Waals surface area contributed by atoms with E-state index in [-0.39, 0.29) is 0 Å². The third-order valence-corrected chi connectivity index (χ3v) is 3.74. The average Bonchev–Trinajstić information content (AvgIpc) is 3.41. The summed E-state index contributed by atoms with van der Waals surface area (Å²) in [7, 11) is 1.67. The van der Waals surface area contributed by atoms with Gasteiger partial charge in [-0.15, -0.1) is 0 Å².